The van der Waals surface area contributed by atoms with Crippen LogP contribution in [0.3, 0.4) is 0 Å². The molecule has 3 aromatic rings. The number of benzene rings is 2. The molecule has 2 aromatic carbocycles. The highest BCUT2D eigenvalue weighted by molar-refractivity contribution is 7.14. The predicted octanol–water partition coefficient (Wildman–Crippen LogP) is 2.90. The first-order valence-electron chi connectivity index (χ1n) is 8.12. The van der Waals surface area contributed by atoms with Gasteiger partial charge in [0.2, 0.25) is 0 Å². The monoisotopic (exact) mass is 383 g/mol. The van der Waals surface area contributed by atoms with E-state index in [-0.39, 0.29) is 0 Å². The third-order valence-corrected chi connectivity index (χ3v) is 4.31. The first-order chi connectivity index (χ1) is 13.2. The molecular weight excluding hydrogens is 366 g/mol. The molecule has 0 spiro atoms. The zero-order valence-corrected chi connectivity index (χ0v) is 15.0. The van der Waals surface area contributed by atoms with Gasteiger partial charge in [-0.1, -0.05) is 48.5 Å². The normalized spacial score (nSPS) is 11.4. The molecule has 1 atom stereocenters. The number of carbonyl (C=O) groups is 2. The number of anilines is 1. The average molecular weight is 383 g/mol. The molecule has 27 heavy (non-hydrogen) atoms. The summed E-state index contributed by atoms with van der Waals surface area (Å²) in [6, 6.07) is 16.8. The number of rotatable bonds is 6. The zero-order chi connectivity index (χ0) is 19.1. The first kappa shape index (κ1) is 18.6. The van der Waals surface area contributed by atoms with Gasteiger partial charge in [-0.2, -0.15) is 0 Å². The van der Waals surface area contributed by atoms with Gasteiger partial charge >= 0.3 is 6.09 Å². The summed E-state index contributed by atoms with van der Waals surface area (Å²) in [6.07, 6.45) is -0.834. The van der Waals surface area contributed by atoms with Crippen molar-refractivity contribution in [1.29, 1.82) is 0 Å². The van der Waals surface area contributed by atoms with E-state index in [0.29, 0.717) is 10.9 Å². The van der Waals surface area contributed by atoms with Gasteiger partial charge in [-0.15, -0.1) is 11.3 Å². The molecule has 138 valence electrons. The van der Waals surface area contributed by atoms with Gasteiger partial charge < -0.3 is 20.5 Å². The molecule has 8 heteroatoms. The largest absolute Gasteiger partial charge is 0.413 e. The lowest BCUT2D eigenvalue weighted by molar-refractivity contribution is -0.118. The fourth-order valence-electron chi connectivity index (χ4n) is 2.23. The van der Waals surface area contributed by atoms with Crippen LogP contribution < -0.4 is 15.4 Å². The predicted molar refractivity (Wildman–Crippen MR) is 103 cm³/mol. The maximum absolute atomic E-state index is 12.3. The molecule has 0 saturated carbocycles. The van der Waals surface area contributed by atoms with Gasteiger partial charge in [0.05, 0.1) is 12.3 Å². The Morgan fingerprint density at radius 1 is 1.07 bits per heavy atom. The number of para-hydroxylation sites is 1. The number of aromatic nitrogens is 1. The number of ether oxygens (including phenoxy) is 1. The standard InChI is InChI=1S/C19H17N3O4S/c23-11-15(21-19(25)26-14-9-5-2-6-10-14)17(24)22-18-20-16(12-27-18)13-7-3-1-4-8-13/h1-10,12,15,23H,11H2,(H,21,25)(H,20,22,24)/t15-/m1/s1. The summed E-state index contributed by atoms with van der Waals surface area (Å²) in [5, 5.41) is 16.5. The Hall–Kier alpha value is -3.23. The van der Waals surface area contributed by atoms with E-state index in [0.717, 1.165) is 11.3 Å². The maximum Gasteiger partial charge on any atom is 0.413 e. The number of nitrogens with zero attached hydrogens (tertiary/aromatic N) is 1. The molecule has 3 rings (SSSR count). The fraction of sp³-hybridized carbons (Fsp3) is 0.105. The molecule has 0 aliphatic heterocycles. The third kappa shape index (κ3) is 5.13. The molecule has 1 heterocycles. The fourth-order valence-corrected chi connectivity index (χ4v) is 2.95. The van der Waals surface area contributed by atoms with Crippen molar-refractivity contribution in [2.75, 3.05) is 11.9 Å². The molecular formula is C19H17N3O4S. The molecule has 0 saturated heterocycles. The van der Waals surface area contributed by atoms with Crippen molar-refractivity contribution >= 4 is 28.5 Å². The van der Waals surface area contributed by atoms with Crippen molar-refractivity contribution in [3.8, 4) is 17.0 Å². The van der Waals surface area contributed by atoms with Crippen LogP contribution in [0.25, 0.3) is 11.3 Å². The zero-order valence-electron chi connectivity index (χ0n) is 14.2. The summed E-state index contributed by atoms with van der Waals surface area (Å²) in [5.74, 6) is -0.254. The van der Waals surface area contributed by atoms with Gasteiger partial charge in [0, 0.05) is 10.9 Å². The molecule has 1 aromatic heterocycles. The number of nitrogens with one attached hydrogen (secondary N) is 2. The number of hydrogen-bond acceptors (Lipinski definition) is 6. The SMILES string of the molecule is O=C(N[C@H](CO)C(=O)Nc1nc(-c2ccccc2)cs1)Oc1ccccc1. The smallest absolute Gasteiger partial charge is 0.410 e. The minimum absolute atomic E-state index is 0.333. The number of amides is 2. The Labute approximate surface area is 159 Å². The highest BCUT2D eigenvalue weighted by atomic mass is 32.1. The minimum atomic E-state index is -1.16. The molecule has 7 nitrogen and oxygen atoms in total. The quantitative estimate of drug-likeness (QED) is 0.608. The van der Waals surface area contributed by atoms with E-state index in [1.165, 1.54) is 11.3 Å². The molecule has 0 fully saturated rings. The van der Waals surface area contributed by atoms with Gasteiger partial charge in [0.15, 0.2) is 5.13 Å². The van der Waals surface area contributed by atoms with Crippen LogP contribution >= 0.6 is 11.3 Å². The topological polar surface area (TPSA) is 101 Å². The minimum Gasteiger partial charge on any atom is -0.410 e. The molecule has 0 aliphatic carbocycles. The van der Waals surface area contributed by atoms with Gasteiger partial charge in [-0.05, 0) is 12.1 Å². The second kappa shape index (κ2) is 8.93. The van der Waals surface area contributed by atoms with Crippen molar-refractivity contribution in [3.05, 3.63) is 66.0 Å². The lowest BCUT2D eigenvalue weighted by Crippen LogP contribution is -2.47. The number of hydrogen-bond donors (Lipinski definition) is 3. The summed E-state index contributed by atoms with van der Waals surface area (Å²) in [6.45, 7) is -0.577. The van der Waals surface area contributed by atoms with E-state index in [9.17, 15) is 14.7 Å². The molecule has 0 unspecified atom stereocenters. The van der Waals surface area contributed by atoms with Crippen molar-refractivity contribution in [2.24, 2.45) is 0 Å². The number of aliphatic hydroxyl groups excluding tert-OH is 1. The molecule has 0 bridgehead atoms. The van der Waals surface area contributed by atoms with Crippen LogP contribution in [0.15, 0.2) is 66.0 Å². The first-order valence-corrected chi connectivity index (χ1v) is 9.00. The van der Waals surface area contributed by atoms with Gasteiger partial charge in [0.1, 0.15) is 11.8 Å². The van der Waals surface area contributed by atoms with E-state index in [2.05, 4.69) is 15.6 Å². The Kier molecular flexibility index (Phi) is 6.14. The molecule has 0 aliphatic rings. The highest BCUT2D eigenvalue weighted by Crippen LogP contribution is 2.24. The van der Waals surface area contributed by atoms with Crippen molar-refractivity contribution in [2.45, 2.75) is 6.04 Å². The van der Waals surface area contributed by atoms with Crippen LogP contribution in [0.1, 0.15) is 0 Å². The maximum atomic E-state index is 12.3. The van der Waals surface area contributed by atoms with Gasteiger partial charge in [0.25, 0.3) is 5.91 Å². The van der Waals surface area contributed by atoms with Gasteiger partial charge in [-0.3, -0.25) is 4.79 Å². The Morgan fingerprint density at radius 3 is 2.41 bits per heavy atom. The van der Waals surface area contributed by atoms with E-state index in [1.54, 1.807) is 30.3 Å². The second-order valence-corrected chi connectivity index (χ2v) is 6.33. The van der Waals surface area contributed by atoms with Crippen LogP contribution in [0.4, 0.5) is 9.93 Å². The average Bonchev–Trinajstić information content (AvgIpc) is 3.16. The van der Waals surface area contributed by atoms with Gasteiger partial charge in [-0.25, -0.2) is 9.78 Å². The Bertz CT molecular complexity index is 900. The van der Waals surface area contributed by atoms with Crippen LogP contribution in [0.2, 0.25) is 0 Å². The van der Waals surface area contributed by atoms with Crippen LogP contribution in [-0.2, 0) is 4.79 Å². The Balaban J connectivity index is 1.59. The van der Waals surface area contributed by atoms with E-state index in [4.69, 9.17) is 4.74 Å². The number of carbonyl (C=O) groups excluding carboxylic acids is 2. The van der Waals surface area contributed by atoms with E-state index >= 15 is 0 Å². The summed E-state index contributed by atoms with van der Waals surface area (Å²) in [5.41, 5.74) is 1.66. The lowest BCUT2D eigenvalue weighted by Gasteiger charge is -2.15. The van der Waals surface area contributed by atoms with Crippen LogP contribution in [0.5, 0.6) is 5.75 Å². The van der Waals surface area contributed by atoms with Crippen molar-refractivity contribution < 1.29 is 19.4 Å². The summed E-state index contributed by atoms with van der Waals surface area (Å²) in [7, 11) is 0. The Morgan fingerprint density at radius 2 is 1.74 bits per heavy atom. The summed E-state index contributed by atoms with van der Waals surface area (Å²) >= 11 is 1.25. The van der Waals surface area contributed by atoms with Crippen molar-refractivity contribution in [1.82, 2.24) is 10.3 Å². The molecule has 2 amide bonds. The molecule has 3 N–H and O–H groups in total. The summed E-state index contributed by atoms with van der Waals surface area (Å²) in [4.78, 5) is 28.5. The lowest BCUT2D eigenvalue weighted by atomic mass is 10.2. The van der Waals surface area contributed by atoms with Crippen molar-refractivity contribution in [3.63, 3.8) is 0 Å². The second-order valence-electron chi connectivity index (χ2n) is 5.48. The summed E-state index contributed by atoms with van der Waals surface area (Å²) < 4.78 is 5.05. The number of aliphatic hydroxyl groups is 1. The van der Waals surface area contributed by atoms with E-state index < -0.39 is 24.6 Å². The highest BCUT2D eigenvalue weighted by Gasteiger charge is 2.22. The molecule has 0 radical (unpaired) electrons. The van der Waals surface area contributed by atoms with Crippen LogP contribution in [-0.4, -0.2) is 34.7 Å². The third-order valence-electron chi connectivity index (χ3n) is 3.55. The van der Waals surface area contributed by atoms with E-state index in [1.807, 2.05) is 35.7 Å². The number of thiazole rings is 1. The van der Waals surface area contributed by atoms with Crippen LogP contribution in [0, 0.1) is 0 Å².